The number of halogens is 1. The fourth-order valence-corrected chi connectivity index (χ4v) is 2.80. The molecule has 2 aromatic rings. The topological polar surface area (TPSA) is 43.4 Å². The second-order valence-electron chi connectivity index (χ2n) is 4.21. The van der Waals surface area contributed by atoms with Crippen LogP contribution in [0, 0.1) is 13.8 Å². The van der Waals surface area contributed by atoms with Crippen molar-refractivity contribution in [3.8, 4) is 5.75 Å². The summed E-state index contributed by atoms with van der Waals surface area (Å²) in [5, 5.41) is 0.259. The Morgan fingerprint density at radius 2 is 1.68 bits per heavy atom. The summed E-state index contributed by atoms with van der Waals surface area (Å²) in [5.74, 6) is 0.127. The third-order valence-electron chi connectivity index (χ3n) is 2.80. The van der Waals surface area contributed by atoms with Crippen molar-refractivity contribution in [1.82, 2.24) is 0 Å². The first-order chi connectivity index (χ1) is 8.90. The van der Waals surface area contributed by atoms with E-state index in [0.29, 0.717) is 0 Å². The van der Waals surface area contributed by atoms with Crippen LogP contribution in [0.5, 0.6) is 5.75 Å². The first kappa shape index (κ1) is 13.9. The van der Waals surface area contributed by atoms with Gasteiger partial charge in [0.15, 0.2) is 5.75 Å². The van der Waals surface area contributed by atoms with E-state index in [4.69, 9.17) is 15.8 Å². The van der Waals surface area contributed by atoms with Gasteiger partial charge in [0.05, 0.1) is 5.02 Å². The van der Waals surface area contributed by atoms with Gasteiger partial charge in [0.25, 0.3) is 0 Å². The van der Waals surface area contributed by atoms with Crippen LogP contribution in [0.1, 0.15) is 11.1 Å². The van der Waals surface area contributed by atoms with E-state index in [1.807, 2.05) is 13.8 Å². The second-order valence-corrected chi connectivity index (χ2v) is 6.17. The van der Waals surface area contributed by atoms with E-state index in [1.54, 1.807) is 30.3 Å². The van der Waals surface area contributed by atoms with E-state index >= 15 is 0 Å². The Bertz CT molecular complexity index is 708. The van der Waals surface area contributed by atoms with Crippen molar-refractivity contribution < 1.29 is 12.6 Å². The minimum atomic E-state index is -3.86. The highest BCUT2D eigenvalue weighted by Crippen LogP contribution is 2.27. The van der Waals surface area contributed by atoms with Crippen molar-refractivity contribution in [2.24, 2.45) is 0 Å². The molecule has 0 saturated heterocycles. The summed E-state index contributed by atoms with van der Waals surface area (Å²) in [4.78, 5) is 0.121. The maximum absolute atomic E-state index is 12.1. The van der Waals surface area contributed by atoms with Gasteiger partial charge in [-0.1, -0.05) is 29.8 Å². The number of hydrogen-bond acceptors (Lipinski definition) is 3. The van der Waals surface area contributed by atoms with E-state index in [9.17, 15) is 8.42 Å². The van der Waals surface area contributed by atoms with E-state index in [0.717, 1.165) is 11.1 Å². The zero-order valence-corrected chi connectivity index (χ0v) is 12.1. The maximum atomic E-state index is 12.1. The van der Waals surface area contributed by atoms with Gasteiger partial charge in [-0.3, -0.25) is 0 Å². The molecule has 2 rings (SSSR count). The summed E-state index contributed by atoms with van der Waals surface area (Å²) in [7, 11) is -3.86. The summed E-state index contributed by atoms with van der Waals surface area (Å²) < 4.78 is 29.3. The molecule has 0 aliphatic heterocycles. The summed E-state index contributed by atoms with van der Waals surface area (Å²) in [6.07, 6.45) is 0. The highest BCUT2D eigenvalue weighted by Gasteiger charge is 2.18. The number of aryl methyl sites for hydroxylation is 2. The predicted octanol–water partition coefficient (Wildman–Crippen LogP) is 3.72. The molecule has 0 amide bonds. The third-order valence-corrected chi connectivity index (χ3v) is 4.35. The lowest BCUT2D eigenvalue weighted by Gasteiger charge is -2.09. The fraction of sp³-hybridized carbons (Fsp3) is 0.143. The summed E-state index contributed by atoms with van der Waals surface area (Å²) in [6.45, 7) is 3.77. The molecule has 0 bridgehead atoms. The van der Waals surface area contributed by atoms with E-state index in [1.165, 1.54) is 12.1 Å². The zero-order chi connectivity index (χ0) is 14.0. The molecule has 100 valence electrons. The lowest BCUT2D eigenvalue weighted by molar-refractivity contribution is 0.486. The van der Waals surface area contributed by atoms with Gasteiger partial charge < -0.3 is 4.18 Å². The van der Waals surface area contributed by atoms with Gasteiger partial charge in [0, 0.05) is 0 Å². The van der Waals surface area contributed by atoms with E-state index in [-0.39, 0.29) is 15.7 Å². The number of rotatable bonds is 3. The predicted molar refractivity (Wildman–Crippen MR) is 75.2 cm³/mol. The summed E-state index contributed by atoms with van der Waals surface area (Å²) in [6, 6.07) is 11.3. The molecular formula is C14H13ClO3S. The van der Waals surface area contributed by atoms with Gasteiger partial charge in [-0.2, -0.15) is 8.42 Å². The van der Waals surface area contributed by atoms with Gasteiger partial charge in [-0.15, -0.1) is 0 Å². The Morgan fingerprint density at radius 1 is 1.00 bits per heavy atom. The highest BCUT2D eigenvalue weighted by molar-refractivity contribution is 7.87. The Labute approximate surface area is 117 Å². The largest absolute Gasteiger partial charge is 0.377 e. The Kier molecular flexibility index (Phi) is 3.83. The molecule has 0 aromatic heterocycles. The van der Waals surface area contributed by atoms with E-state index < -0.39 is 10.1 Å². The lowest BCUT2D eigenvalue weighted by Crippen LogP contribution is -2.10. The Hall–Kier alpha value is -1.52. The van der Waals surface area contributed by atoms with Crippen molar-refractivity contribution in [2.75, 3.05) is 0 Å². The molecule has 0 heterocycles. The molecule has 0 spiro atoms. The molecule has 3 nitrogen and oxygen atoms in total. The molecule has 5 heteroatoms. The molecule has 0 atom stereocenters. The molecule has 0 unspecified atom stereocenters. The number of hydrogen-bond donors (Lipinski definition) is 0. The quantitative estimate of drug-likeness (QED) is 0.811. The summed E-state index contributed by atoms with van der Waals surface area (Å²) >= 11 is 5.88. The molecule has 0 radical (unpaired) electrons. The molecule has 19 heavy (non-hydrogen) atoms. The Balaban J connectivity index is 2.38. The minimum absolute atomic E-state index is 0.121. The highest BCUT2D eigenvalue weighted by atomic mass is 35.5. The van der Waals surface area contributed by atoms with Crippen LogP contribution >= 0.6 is 11.6 Å². The normalized spacial score (nSPS) is 11.3. The van der Waals surface area contributed by atoms with Crippen LogP contribution in [0.4, 0.5) is 0 Å². The van der Waals surface area contributed by atoms with Crippen molar-refractivity contribution in [3.05, 3.63) is 58.6 Å². The molecule has 2 aromatic carbocycles. The van der Waals surface area contributed by atoms with Crippen LogP contribution in [0.2, 0.25) is 5.02 Å². The van der Waals surface area contributed by atoms with Gasteiger partial charge >= 0.3 is 10.1 Å². The SMILES string of the molecule is Cc1ccc(S(=O)(=O)Oc2ccccc2Cl)cc1C. The molecule has 0 N–H and O–H groups in total. The third kappa shape index (κ3) is 3.08. The van der Waals surface area contributed by atoms with Crippen molar-refractivity contribution in [1.29, 1.82) is 0 Å². The molecule has 0 aliphatic rings. The van der Waals surface area contributed by atoms with Crippen LogP contribution < -0.4 is 4.18 Å². The standard InChI is InChI=1S/C14H13ClO3S/c1-10-7-8-12(9-11(10)2)19(16,17)18-14-6-4-3-5-13(14)15/h3-9H,1-2H3. The first-order valence-corrected chi connectivity index (χ1v) is 7.45. The van der Waals surface area contributed by atoms with Crippen LogP contribution in [-0.2, 0) is 10.1 Å². The summed E-state index contributed by atoms with van der Waals surface area (Å²) in [5.41, 5.74) is 1.92. The van der Waals surface area contributed by atoms with Crippen LogP contribution in [0.15, 0.2) is 47.4 Å². The molecular weight excluding hydrogens is 284 g/mol. The number of para-hydroxylation sites is 1. The molecule has 0 fully saturated rings. The van der Waals surface area contributed by atoms with Crippen molar-refractivity contribution in [3.63, 3.8) is 0 Å². The zero-order valence-electron chi connectivity index (χ0n) is 10.6. The smallest absolute Gasteiger partial charge is 0.339 e. The van der Waals surface area contributed by atoms with Crippen molar-refractivity contribution in [2.45, 2.75) is 18.7 Å². The molecule has 0 saturated carbocycles. The average Bonchev–Trinajstić information content (AvgIpc) is 2.35. The van der Waals surface area contributed by atoms with Crippen LogP contribution in [0.25, 0.3) is 0 Å². The van der Waals surface area contributed by atoms with E-state index in [2.05, 4.69) is 0 Å². The maximum Gasteiger partial charge on any atom is 0.339 e. The minimum Gasteiger partial charge on any atom is -0.377 e. The van der Waals surface area contributed by atoms with Crippen molar-refractivity contribution >= 4 is 21.7 Å². The van der Waals surface area contributed by atoms with Crippen LogP contribution in [-0.4, -0.2) is 8.42 Å². The second kappa shape index (κ2) is 5.23. The van der Waals surface area contributed by atoms with Gasteiger partial charge in [-0.05, 0) is 49.2 Å². The van der Waals surface area contributed by atoms with Gasteiger partial charge in [0.2, 0.25) is 0 Å². The average molecular weight is 297 g/mol. The number of benzene rings is 2. The Morgan fingerprint density at radius 3 is 2.32 bits per heavy atom. The van der Waals surface area contributed by atoms with Crippen LogP contribution in [0.3, 0.4) is 0 Å². The van der Waals surface area contributed by atoms with Gasteiger partial charge in [0.1, 0.15) is 4.90 Å². The molecule has 0 aliphatic carbocycles. The fourth-order valence-electron chi connectivity index (χ4n) is 1.55. The van der Waals surface area contributed by atoms with Gasteiger partial charge in [-0.25, -0.2) is 0 Å². The lowest BCUT2D eigenvalue weighted by atomic mass is 10.1. The monoisotopic (exact) mass is 296 g/mol. The first-order valence-electron chi connectivity index (χ1n) is 5.66.